The molecule has 0 heterocycles. The van der Waals surface area contributed by atoms with Gasteiger partial charge < -0.3 is 5.11 Å². The third kappa shape index (κ3) is 7.09. The van der Waals surface area contributed by atoms with Crippen LogP contribution in [-0.2, 0) is 5.41 Å². The maximum absolute atomic E-state index is 12.7. The van der Waals surface area contributed by atoms with Crippen LogP contribution in [0, 0.1) is 5.82 Å². The van der Waals surface area contributed by atoms with Crippen molar-refractivity contribution in [3.8, 4) is 0 Å². The first-order valence-electron chi connectivity index (χ1n) is 5.21. The number of aliphatic hydroxyl groups is 1. The molecular formula is C13H23FO. The van der Waals surface area contributed by atoms with E-state index < -0.39 is 0 Å². The Kier molecular flexibility index (Phi) is 9.28. The van der Waals surface area contributed by atoms with E-state index in [1.807, 2.05) is 19.9 Å². The summed E-state index contributed by atoms with van der Waals surface area (Å²) in [5, 5.41) is 7.00. The van der Waals surface area contributed by atoms with E-state index in [9.17, 15) is 4.39 Å². The zero-order valence-electron chi connectivity index (χ0n) is 10.6. The van der Waals surface area contributed by atoms with Crippen molar-refractivity contribution in [1.82, 2.24) is 0 Å². The maximum Gasteiger partial charge on any atom is 0.123 e. The van der Waals surface area contributed by atoms with Crippen LogP contribution in [0.25, 0.3) is 0 Å². The highest BCUT2D eigenvalue weighted by atomic mass is 19.1. The fourth-order valence-electron chi connectivity index (χ4n) is 0.955. The average Bonchev–Trinajstić information content (AvgIpc) is 2.23. The quantitative estimate of drug-likeness (QED) is 0.697. The smallest absolute Gasteiger partial charge is 0.123 e. The molecule has 0 aromatic heterocycles. The Balaban J connectivity index is 0. The summed E-state index contributed by atoms with van der Waals surface area (Å²) in [7, 11) is 1.00. The van der Waals surface area contributed by atoms with Crippen LogP contribution in [0.4, 0.5) is 4.39 Å². The molecule has 0 bridgehead atoms. The van der Waals surface area contributed by atoms with E-state index in [0.717, 1.165) is 12.7 Å². The van der Waals surface area contributed by atoms with Gasteiger partial charge in [0.2, 0.25) is 0 Å². The minimum atomic E-state index is -0.155. The third-order valence-electron chi connectivity index (χ3n) is 1.69. The van der Waals surface area contributed by atoms with Gasteiger partial charge in [0, 0.05) is 7.11 Å². The molecule has 0 unspecified atom stereocenters. The summed E-state index contributed by atoms with van der Waals surface area (Å²) in [6.07, 6.45) is 0. The summed E-state index contributed by atoms with van der Waals surface area (Å²) < 4.78 is 12.7. The molecule has 1 rings (SSSR count). The van der Waals surface area contributed by atoms with Crippen LogP contribution in [0.15, 0.2) is 24.3 Å². The number of aliphatic hydroxyl groups excluding tert-OH is 1. The predicted octanol–water partition coefficient (Wildman–Crippen LogP) is 3.76. The second-order valence-corrected chi connectivity index (χ2v) is 3.76. The SMILES string of the molecule is CC.CC(C)(C)c1cccc(F)c1.CO. The number of hydrogen-bond acceptors (Lipinski definition) is 1. The van der Waals surface area contributed by atoms with Gasteiger partial charge in [-0.3, -0.25) is 0 Å². The Labute approximate surface area is 93.0 Å². The van der Waals surface area contributed by atoms with Gasteiger partial charge in [-0.1, -0.05) is 46.8 Å². The zero-order valence-corrected chi connectivity index (χ0v) is 10.6. The summed E-state index contributed by atoms with van der Waals surface area (Å²) in [6, 6.07) is 6.74. The van der Waals surface area contributed by atoms with Crippen LogP contribution >= 0.6 is 0 Å². The fraction of sp³-hybridized carbons (Fsp3) is 0.538. The van der Waals surface area contributed by atoms with Crippen LogP contribution in [0.5, 0.6) is 0 Å². The molecule has 1 aromatic rings. The molecule has 0 radical (unpaired) electrons. The molecule has 0 aliphatic rings. The topological polar surface area (TPSA) is 20.2 Å². The van der Waals surface area contributed by atoms with Crippen molar-refractivity contribution in [2.45, 2.75) is 40.0 Å². The second kappa shape index (κ2) is 8.42. The normalized spacial score (nSPS) is 9.33. The van der Waals surface area contributed by atoms with E-state index in [2.05, 4.69) is 20.8 Å². The first-order valence-corrected chi connectivity index (χ1v) is 5.21. The minimum absolute atomic E-state index is 0.0437. The van der Waals surface area contributed by atoms with Gasteiger partial charge in [0.25, 0.3) is 0 Å². The predicted molar refractivity (Wildman–Crippen MR) is 64.6 cm³/mol. The molecule has 2 heteroatoms. The molecule has 0 fully saturated rings. The molecule has 0 amide bonds. The van der Waals surface area contributed by atoms with Crippen LogP contribution in [-0.4, -0.2) is 12.2 Å². The van der Waals surface area contributed by atoms with Gasteiger partial charge in [0.15, 0.2) is 0 Å². The standard InChI is InChI=1S/C10H13F.C2H6.CH4O/c1-10(2,3)8-5-4-6-9(11)7-8;2*1-2/h4-7H,1-3H3;1-2H3;2H,1H3. The Bertz CT molecular complexity index is 251. The molecule has 88 valence electrons. The minimum Gasteiger partial charge on any atom is -0.400 e. The molecule has 0 aliphatic carbocycles. The van der Waals surface area contributed by atoms with Gasteiger partial charge >= 0.3 is 0 Å². The highest BCUT2D eigenvalue weighted by Gasteiger charge is 2.13. The molecule has 0 saturated heterocycles. The van der Waals surface area contributed by atoms with E-state index in [1.165, 1.54) is 6.07 Å². The molecule has 0 saturated carbocycles. The van der Waals surface area contributed by atoms with Crippen LogP contribution in [0.1, 0.15) is 40.2 Å². The van der Waals surface area contributed by atoms with Crippen molar-refractivity contribution >= 4 is 0 Å². The number of rotatable bonds is 0. The number of halogens is 1. The Morgan fingerprint density at radius 2 is 1.53 bits per heavy atom. The first kappa shape index (κ1) is 16.5. The van der Waals surface area contributed by atoms with Crippen molar-refractivity contribution in [2.24, 2.45) is 0 Å². The van der Waals surface area contributed by atoms with E-state index in [-0.39, 0.29) is 11.2 Å². The Hall–Kier alpha value is -0.890. The van der Waals surface area contributed by atoms with E-state index in [1.54, 1.807) is 12.1 Å². The van der Waals surface area contributed by atoms with Crippen LogP contribution < -0.4 is 0 Å². The fourth-order valence-corrected chi connectivity index (χ4v) is 0.955. The molecule has 15 heavy (non-hydrogen) atoms. The lowest BCUT2D eigenvalue weighted by atomic mass is 9.87. The lowest BCUT2D eigenvalue weighted by Gasteiger charge is -2.18. The van der Waals surface area contributed by atoms with Gasteiger partial charge in [-0.15, -0.1) is 0 Å². The third-order valence-corrected chi connectivity index (χ3v) is 1.69. The molecule has 0 aliphatic heterocycles. The second-order valence-electron chi connectivity index (χ2n) is 3.76. The molecular weight excluding hydrogens is 191 g/mol. The Morgan fingerprint density at radius 1 is 1.07 bits per heavy atom. The van der Waals surface area contributed by atoms with E-state index >= 15 is 0 Å². The van der Waals surface area contributed by atoms with E-state index in [0.29, 0.717) is 0 Å². The molecule has 0 spiro atoms. The summed E-state index contributed by atoms with van der Waals surface area (Å²) in [5.74, 6) is -0.155. The molecule has 0 atom stereocenters. The first-order chi connectivity index (χ1) is 7.00. The summed E-state index contributed by atoms with van der Waals surface area (Å²) in [4.78, 5) is 0. The maximum atomic E-state index is 12.7. The molecule has 1 nitrogen and oxygen atoms in total. The summed E-state index contributed by atoms with van der Waals surface area (Å²) in [5.41, 5.74) is 1.08. The summed E-state index contributed by atoms with van der Waals surface area (Å²) in [6.45, 7) is 10.2. The van der Waals surface area contributed by atoms with Gasteiger partial charge in [0.05, 0.1) is 0 Å². The van der Waals surface area contributed by atoms with Crippen LogP contribution in [0.2, 0.25) is 0 Å². The zero-order chi connectivity index (χ0) is 12.5. The van der Waals surface area contributed by atoms with Gasteiger partial charge in [-0.25, -0.2) is 4.39 Å². The van der Waals surface area contributed by atoms with Crippen molar-refractivity contribution in [3.63, 3.8) is 0 Å². The largest absolute Gasteiger partial charge is 0.400 e. The number of hydrogen-bond donors (Lipinski definition) is 1. The Morgan fingerprint density at radius 3 is 1.80 bits per heavy atom. The lowest BCUT2D eigenvalue weighted by Crippen LogP contribution is -2.10. The van der Waals surface area contributed by atoms with Gasteiger partial charge in [-0.2, -0.15) is 0 Å². The van der Waals surface area contributed by atoms with Gasteiger partial charge in [0.1, 0.15) is 5.82 Å². The monoisotopic (exact) mass is 214 g/mol. The van der Waals surface area contributed by atoms with Gasteiger partial charge in [-0.05, 0) is 23.1 Å². The van der Waals surface area contributed by atoms with Crippen molar-refractivity contribution in [1.29, 1.82) is 0 Å². The lowest BCUT2D eigenvalue weighted by molar-refractivity contribution is 0.399. The average molecular weight is 214 g/mol. The van der Waals surface area contributed by atoms with Crippen molar-refractivity contribution < 1.29 is 9.50 Å². The molecule has 1 aromatic carbocycles. The van der Waals surface area contributed by atoms with Crippen molar-refractivity contribution in [2.75, 3.05) is 7.11 Å². The summed E-state index contributed by atoms with van der Waals surface area (Å²) >= 11 is 0. The number of benzene rings is 1. The highest BCUT2D eigenvalue weighted by molar-refractivity contribution is 5.23. The molecule has 1 N–H and O–H groups in total. The van der Waals surface area contributed by atoms with Crippen molar-refractivity contribution in [3.05, 3.63) is 35.6 Å². The van der Waals surface area contributed by atoms with Crippen LogP contribution in [0.3, 0.4) is 0 Å². The van der Waals surface area contributed by atoms with E-state index in [4.69, 9.17) is 5.11 Å². The highest BCUT2D eigenvalue weighted by Crippen LogP contribution is 2.21.